The molecule has 5 heteroatoms. The molecule has 4 nitrogen and oxygen atoms in total. The molecule has 7 aromatic carbocycles. The van der Waals surface area contributed by atoms with Gasteiger partial charge in [-0.05, 0) is 58.5 Å². The van der Waals surface area contributed by atoms with Crippen molar-refractivity contribution in [3.8, 4) is 51.0 Å². The highest BCUT2D eigenvalue weighted by molar-refractivity contribution is 7.26. The van der Waals surface area contributed by atoms with Gasteiger partial charge in [-0.3, -0.25) is 0 Å². The van der Waals surface area contributed by atoms with Crippen LogP contribution in [0.5, 0.6) is 0 Å². The molecule has 3 aromatic heterocycles. The molecule has 0 unspecified atom stereocenters. The summed E-state index contributed by atoms with van der Waals surface area (Å²) in [6.07, 6.45) is 0. The first-order valence-electron chi connectivity index (χ1n) is 18.4. The zero-order valence-electron chi connectivity index (χ0n) is 30.3. The molecule has 0 radical (unpaired) electrons. The fourth-order valence-corrected chi connectivity index (χ4v) is 8.85. The predicted octanol–water partition coefficient (Wildman–Crippen LogP) is 13.3. The van der Waals surface area contributed by atoms with Gasteiger partial charge in [0.2, 0.25) is 0 Å². The van der Waals surface area contributed by atoms with Crippen molar-refractivity contribution >= 4 is 53.3 Å². The van der Waals surface area contributed by atoms with Crippen LogP contribution in [0.1, 0.15) is 26.3 Å². The van der Waals surface area contributed by atoms with Crippen molar-refractivity contribution in [2.24, 2.45) is 0 Å². The Morgan fingerprint density at radius 1 is 0.444 bits per heavy atom. The molecule has 0 fully saturated rings. The van der Waals surface area contributed by atoms with Crippen LogP contribution in [0.2, 0.25) is 0 Å². The number of nitrogens with zero attached hydrogens (tertiary/aromatic N) is 4. The number of hydrogen-bond donors (Lipinski definition) is 0. The lowest BCUT2D eigenvalue weighted by Gasteiger charge is -2.19. The number of aromatic nitrogens is 4. The highest BCUT2D eigenvalue weighted by Crippen LogP contribution is 2.40. The third kappa shape index (κ3) is 5.48. The van der Waals surface area contributed by atoms with Gasteiger partial charge in [-0.25, -0.2) is 15.0 Å². The van der Waals surface area contributed by atoms with Crippen LogP contribution < -0.4 is 0 Å². The zero-order chi connectivity index (χ0) is 36.4. The maximum atomic E-state index is 5.17. The lowest BCUT2D eigenvalue weighted by molar-refractivity contribution is 0.590. The number of hydrogen-bond acceptors (Lipinski definition) is 4. The van der Waals surface area contributed by atoms with E-state index >= 15 is 0 Å². The molecule has 0 saturated heterocycles. The molecule has 0 spiro atoms. The molecule has 54 heavy (non-hydrogen) atoms. The van der Waals surface area contributed by atoms with Crippen molar-refractivity contribution in [3.63, 3.8) is 0 Å². The maximum Gasteiger partial charge on any atom is 0.165 e. The summed E-state index contributed by atoms with van der Waals surface area (Å²) in [5.74, 6) is 1.99. The molecule has 0 amide bonds. The van der Waals surface area contributed by atoms with E-state index in [1.54, 1.807) is 11.3 Å². The normalized spacial score (nSPS) is 12.0. The van der Waals surface area contributed by atoms with Gasteiger partial charge in [-0.2, -0.15) is 0 Å². The number of para-hydroxylation sites is 2. The first kappa shape index (κ1) is 32.2. The van der Waals surface area contributed by atoms with E-state index < -0.39 is 0 Å². The van der Waals surface area contributed by atoms with E-state index in [0.29, 0.717) is 17.5 Å². The standard InChI is InChI=1S/C49H36N4S/c1-49(2,3)35-28-26-33(27-29-35)47-50-46(51-48(52-47)41-18-11-17-40-39-16-6-9-21-44(39)54-45(40)41)32-24-22-31(23-25-32)34-12-10-13-36(30-34)53-42-19-7-4-14-37(42)38-15-5-8-20-43(38)53/h4-30H,1-3H3. The smallest absolute Gasteiger partial charge is 0.165 e. The second kappa shape index (κ2) is 12.6. The first-order chi connectivity index (χ1) is 26.4. The summed E-state index contributed by atoms with van der Waals surface area (Å²) < 4.78 is 4.80. The average Bonchev–Trinajstić information content (AvgIpc) is 3.77. The van der Waals surface area contributed by atoms with Gasteiger partial charge in [0.05, 0.1) is 11.0 Å². The fraction of sp³-hybridized carbons (Fsp3) is 0.0816. The van der Waals surface area contributed by atoms with E-state index in [2.05, 4.69) is 189 Å². The van der Waals surface area contributed by atoms with Gasteiger partial charge in [0.1, 0.15) is 0 Å². The molecule has 0 aliphatic heterocycles. The highest BCUT2D eigenvalue weighted by atomic mass is 32.1. The summed E-state index contributed by atoms with van der Waals surface area (Å²) in [6.45, 7) is 6.70. The Hall–Kier alpha value is -6.43. The molecular weight excluding hydrogens is 677 g/mol. The van der Waals surface area contributed by atoms with E-state index in [1.807, 2.05) is 0 Å². The molecule has 10 rings (SSSR count). The van der Waals surface area contributed by atoms with Crippen LogP contribution in [0.4, 0.5) is 0 Å². The van der Waals surface area contributed by atoms with Crippen LogP contribution in [-0.4, -0.2) is 19.5 Å². The SMILES string of the molecule is CC(C)(C)c1ccc(-c2nc(-c3ccc(-c4cccc(-n5c6ccccc6c6ccccc65)c4)cc3)nc(-c3cccc4c3sc3ccccc34)n2)cc1. The molecular formula is C49H36N4S. The van der Waals surface area contributed by atoms with Crippen molar-refractivity contribution in [1.82, 2.24) is 19.5 Å². The van der Waals surface area contributed by atoms with Crippen molar-refractivity contribution in [3.05, 3.63) is 169 Å². The molecule has 0 saturated carbocycles. The summed E-state index contributed by atoms with van der Waals surface area (Å²) in [5.41, 5.74) is 10.1. The summed E-state index contributed by atoms with van der Waals surface area (Å²) >= 11 is 1.79. The Morgan fingerprint density at radius 3 is 1.65 bits per heavy atom. The topological polar surface area (TPSA) is 43.6 Å². The summed E-state index contributed by atoms with van der Waals surface area (Å²) in [7, 11) is 0. The van der Waals surface area contributed by atoms with E-state index in [-0.39, 0.29) is 5.41 Å². The molecule has 0 N–H and O–H groups in total. The van der Waals surface area contributed by atoms with Crippen molar-refractivity contribution in [2.75, 3.05) is 0 Å². The molecule has 10 aromatic rings. The van der Waals surface area contributed by atoms with Crippen molar-refractivity contribution in [2.45, 2.75) is 26.2 Å². The molecule has 0 bridgehead atoms. The van der Waals surface area contributed by atoms with Crippen LogP contribution in [0.25, 0.3) is 93.0 Å². The Kier molecular flexibility index (Phi) is 7.53. The van der Waals surface area contributed by atoms with Gasteiger partial charge in [0.15, 0.2) is 17.5 Å². The third-order valence-electron chi connectivity index (χ3n) is 10.5. The molecule has 0 aliphatic carbocycles. The van der Waals surface area contributed by atoms with Crippen molar-refractivity contribution < 1.29 is 0 Å². The summed E-state index contributed by atoms with van der Waals surface area (Å²) in [6, 6.07) is 58.4. The van der Waals surface area contributed by atoms with Gasteiger partial charge in [-0.1, -0.05) is 148 Å². The molecule has 258 valence electrons. The summed E-state index contributed by atoms with van der Waals surface area (Å²) in [5, 5.41) is 4.99. The largest absolute Gasteiger partial charge is 0.309 e. The van der Waals surface area contributed by atoms with Crippen LogP contribution in [0, 0.1) is 0 Å². The minimum Gasteiger partial charge on any atom is -0.309 e. The van der Waals surface area contributed by atoms with Crippen molar-refractivity contribution in [1.29, 1.82) is 0 Å². The van der Waals surface area contributed by atoms with Crippen LogP contribution in [-0.2, 0) is 5.41 Å². The second-order valence-corrected chi connectivity index (χ2v) is 16.0. The monoisotopic (exact) mass is 712 g/mol. The zero-order valence-corrected chi connectivity index (χ0v) is 31.1. The average molecular weight is 713 g/mol. The second-order valence-electron chi connectivity index (χ2n) is 14.9. The lowest BCUT2D eigenvalue weighted by atomic mass is 9.87. The number of benzene rings is 7. The predicted molar refractivity (Wildman–Crippen MR) is 227 cm³/mol. The first-order valence-corrected chi connectivity index (χ1v) is 19.2. The van der Waals surface area contributed by atoms with E-state index in [9.17, 15) is 0 Å². The van der Waals surface area contributed by atoms with Gasteiger partial charge in [-0.15, -0.1) is 11.3 Å². The number of thiophene rings is 1. The molecule has 0 atom stereocenters. The Balaban J connectivity index is 1.07. The molecule has 0 aliphatic rings. The third-order valence-corrected chi connectivity index (χ3v) is 11.7. The minimum absolute atomic E-state index is 0.0511. The van der Waals surface area contributed by atoms with Gasteiger partial charge >= 0.3 is 0 Å². The number of fused-ring (bicyclic) bond motifs is 6. The van der Waals surface area contributed by atoms with Crippen LogP contribution >= 0.6 is 11.3 Å². The van der Waals surface area contributed by atoms with Crippen LogP contribution in [0.3, 0.4) is 0 Å². The Labute approximate surface area is 318 Å². The fourth-order valence-electron chi connectivity index (χ4n) is 7.63. The Bertz CT molecular complexity index is 2960. The van der Waals surface area contributed by atoms with Gasteiger partial charge < -0.3 is 4.57 Å². The lowest BCUT2D eigenvalue weighted by Crippen LogP contribution is -2.10. The van der Waals surface area contributed by atoms with Gasteiger partial charge in [0, 0.05) is 53.3 Å². The van der Waals surface area contributed by atoms with E-state index in [4.69, 9.17) is 15.0 Å². The van der Waals surface area contributed by atoms with E-state index in [0.717, 1.165) is 33.5 Å². The molecule has 3 heterocycles. The van der Waals surface area contributed by atoms with Crippen LogP contribution in [0.15, 0.2) is 164 Å². The maximum absolute atomic E-state index is 5.17. The Morgan fingerprint density at radius 2 is 0.981 bits per heavy atom. The number of rotatable bonds is 5. The summed E-state index contributed by atoms with van der Waals surface area (Å²) in [4.78, 5) is 15.4. The quantitative estimate of drug-likeness (QED) is 0.178. The van der Waals surface area contributed by atoms with Gasteiger partial charge in [0.25, 0.3) is 0 Å². The minimum atomic E-state index is 0.0511. The highest BCUT2D eigenvalue weighted by Gasteiger charge is 2.19. The van der Waals surface area contributed by atoms with E-state index in [1.165, 1.54) is 47.5 Å².